The van der Waals surface area contributed by atoms with Crippen LogP contribution in [0.3, 0.4) is 0 Å². The van der Waals surface area contributed by atoms with Gasteiger partial charge in [0.25, 0.3) is 5.69 Å². The number of carbonyl (C=O) groups excluding carboxylic acids is 1. The lowest BCUT2D eigenvalue weighted by molar-refractivity contribution is -0.384. The zero-order valence-corrected chi connectivity index (χ0v) is 13.8. The van der Waals surface area contributed by atoms with Crippen molar-refractivity contribution < 1.29 is 9.72 Å². The summed E-state index contributed by atoms with van der Waals surface area (Å²) in [7, 11) is 0. The highest BCUT2D eigenvalue weighted by molar-refractivity contribution is 7.09. The first-order valence-corrected chi connectivity index (χ1v) is 8.27. The van der Waals surface area contributed by atoms with Gasteiger partial charge in [-0.05, 0) is 35.2 Å². The predicted octanol–water partition coefficient (Wildman–Crippen LogP) is 3.55. The molecule has 0 fully saturated rings. The van der Waals surface area contributed by atoms with Crippen molar-refractivity contribution in [2.45, 2.75) is 6.54 Å². The zero-order valence-electron chi connectivity index (χ0n) is 13.0. The third-order valence-electron chi connectivity index (χ3n) is 3.38. The second kappa shape index (κ2) is 7.54. The normalized spacial score (nSPS) is 10.9. The Kier molecular flexibility index (Phi) is 5.00. The number of nitrogens with one attached hydrogen (secondary N) is 1. The summed E-state index contributed by atoms with van der Waals surface area (Å²) in [6, 6.07) is 11.7. The quantitative estimate of drug-likeness (QED) is 0.416. The Labute approximate surface area is 147 Å². The monoisotopic (exact) mass is 354 g/mol. The summed E-state index contributed by atoms with van der Waals surface area (Å²) in [6.45, 7) is 0.590. The van der Waals surface area contributed by atoms with Gasteiger partial charge in [0.05, 0.1) is 17.7 Å². The lowest BCUT2D eigenvalue weighted by Gasteiger charge is -2.06. The average Bonchev–Trinajstić information content (AvgIpc) is 3.26. The van der Waals surface area contributed by atoms with Crippen LogP contribution in [0.2, 0.25) is 0 Å². The molecule has 126 valence electrons. The van der Waals surface area contributed by atoms with E-state index >= 15 is 0 Å². The molecule has 2 aromatic heterocycles. The molecule has 2 heterocycles. The van der Waals surface area contributed by atoms with Gasteiger partial charge < -0.3 is 5.32 Å². The molecular formula is C17H14N4O3S. The lowest BCUT2D eigenvalue weighted by atomic mass is 10.2. The summed E-state index contributed by atoms with van der Waals surface area (Å²) in [5.74, 6) is 0.304. The average molecular weight is 354 g/mol. The minimum Gasteiger partial charge on any atom is -0.307 e. The number of nitrogens with zero attached hydrogens (tertiary/aromatic N) is 3. The molecule has 1 amide bonds. The third kappa shape index (κ3) is 4.39. The smallest absolute Gasteiger partial charge is 0.269 e. The number of thiophene rings is 1. The second-order valence-corrected chi connectivity index (χ2v) is 6.16. The van der Waals surface area contributed by atoms with E-state index < -0.39 is 4.92 Å². The summed E-state index contributed by atoms with van der Waals surface area (Å²) in [5, 5.41) is 19.6. The minimum atomic E-state index is -0.463. The molecule has 0 saturated heterocycles. The summed E-state index contributed by atoms with van der Waals surface area (Å²) in [5.41, 5.74) is 0.715. The van der Waals surface area contributed by atoms with Crippen LogP contribution in [0.15, 0.2) is 60.1 Å². The Bertz CT molecular complexity index is 898. The Morgan fingerprint density at radius 2 is 2.08 bits per heavy atom. The predicted molar refractivity (Wildman–Crippen MR) is 96.4 cm³/mol. The van der Waals surface area contributed by atoms with E-state index in [2.05, 4.69) is 10.4 Å². The summed E-state index contributed by atoms with van der Waals surface area (Å²) in [4.78, 5) is 23.4. The van der Waals surface area contributed by atoms with Gasteiger partial charge in [-0.2, -0.15) is 5.10 Å². The maximum Gasteiger partial charge on any atom is 0.269 e. The van der Waals surface area contributed by atoms with E-state index in [0.29, 0.717) is 17.9 Å². The number of non-ortho nitro benzene ring substituents is 1. The van der Waals surface area contributed by atoms with Crippen LogP contribution in [-0.2, 0) is 11.3 Å². The van der Waals surface area contributed by atoms with Gasteiger partial charge in [-0.3, -0.25) is 14.9 Å². The topological polar surface area (TPSA) is 90.1 Å². The highest BCUT2D eigenvalue weighted by atomic mass is 32.1. The molecule has 0 spiro atoms. The minimum absolute atomic E-state index is 0.0130. The number of nitro benzene ring substituents is 1. The van der Waals surface area contributed by atoms with E-state index in [0.717, 1.165) is 4.88 Å². The van der Waals surface area contributed by atoms with Gasteiger partial charge in [-0.1, -0.05) is 6.07 Å². The molecule has 0 atom stereocenters. The van der Waals surface area contributed by atoms with Crippen molar-refractivity contribution in [3.8, 4) is 0 Å². The Hall–Kier alpha value is -3.26. The maximum absolute atomic E-state index is 12.1. The molecule has 3 rings (SSSR count). The van der Waals surface area contributed by atoms with Crippen LogP contribution in [0.4, 0.5) is 11.5 Å². The number of amides is 1. The highest BCUT2D eigenvalue weighted by Crippen LogP contribution is 2.15. The van der Waals surface area contributed by atoms with Crippen molar-refractivity contribution in [3.05, 3.63) is 80.7 Å². The molecule has 3 aromatic rings. The standard InChI is InChI=1S/C17H14N4O3S/c22-17(8-5-13-3-6-14(7-4-13)21(23)24)19-16-9-10-18-20(16)12-15-2-1-11-25-15/h1-11H,12H2,(H,19,22)/b8-5+. The fraction of sp³-hybridized carbons (Fsp3) is 0.0588. The number of carbonyl (C=O) groups is 1. The van der Waals surface area contributed by atoms with Crippen molar-refractivity contribution in [2.24, 2.45) is 0 Å². The Balaban J connectivity index is 1.63. The summed E-state index contributed by atoms with van der Waals surface area (Å²) >= 11 is 1.62. The van der Waals surface area contributed by atoms with E-state index in [1.54, 1.807) is 46.5 Å². The molecule has 0 bridgehead atoms. The number of rotatable bonds is 6. The highest BCUT2D eigenvalue weighted by Gasteiger charge is 2.07. The molecule has 7 nitrogen and oxygen atoms in total. The zero-order chi connectivity index (χ0) is 17.6. The number of aromatic nitrogens is 2. The van der Waals surface area contributed by atoms with Crippen LogP contribution >= 0.6 is 11.3 Å². The molecule has 0 unspecified atom stereocenters. The van der Waals surface area contributed by atoms with E-state index in [1.165, 1.54) is 18.2 Å². The SMILES string of the molecule is O=C(/C=C/c1ccc([N+](=O)[O-])cc1)Nc1ccnn1Cc1cccs1. The molecule has 0 radical (unpaired) electrons. The summed E-state index contributed by atoms with van der Waals surface area (Å²) in [6.07, 6.45) is 4.60. The molecule has 0 aliphatic rings. The van der Waals surface area contributed by atoms with E-state index in [9.17, 15) is 14.9 Å². The van der Waals surface area contributed by atoms with Crippen molar-refractivity contribution in [1.82, 2.24) is 9.78 Å². The Morgan fingerprint density at radius 3 is 2.76 bits per heavy atom. The van der Waals surface area contributed by atoms with Gasteiger partial charge in [0, 0.05) is 29.2 Å². The van der Waals surface area contributed by atoms with E-state index in [1.807, 2.05) is 17.5 Å². The summed E-state index contributed by atoms with van der Waals surface area (Å²) < 4.78 is 1.71. The molecule has 0 aliphatic carbocycles. The number of hydrogen-bond acceptors (Lipinski definition) is 5. The lowest BCUT2D eigenvalue weighted by Crippen LogP contribution is -2.13. The number of hydrogen-bond donors (Lipinski definition) is 1. The molecule has 1 aromatic carbocycles. The van der Waals surface area contributed by atoms with Crippen molar-refractivity contribution in [2.75, 3.05) is 5.32 Å². The van der Waals surface area contributed by atoms with Crippen LogP contribution in [0, 0.1) is 10.1 Å². The van der Waals surface area contributed by atoms with Gasteiger partial charge >= 0.3 is 0 Å². The fourth-order valence-corrected chi connectivity index (χ4v) is 2.85. The first kappa shape index (κ1) is 16.6. The van der Waals surface area contributed by atoms with Gasteiger partial charge in [-0.15, -0.1) is 11.3 Å². The first-order valence-electron chi connectivity index (χ1n) is 7.39. The van der Waals surface area contributed by atoms with E-state index in [-0.39, 0.29) is 11.6 Å². The Morgan fingerprint density at radius 1 is 1.28 bits per heavy atom. The van der Waals surface area contributed by atoms with Crippen LogP contribution in [-0.4, -0.2) is 20.6 Å². The maximum atomic E-state index is 12.1. The fourth-order valence-electron chi connectivity index (χ4n) is 2.16. The van der Waals surface area contributed by atoms with Gasteiger partial charge in [0.1, 0.15) is 5.82 Å². The van der Waals surface area contributed by atoms with Crippen LogP contribution in [0.5, 0.6) is 0 Å². The van der Waals surface area contributed by atoms with Crippen LogP contribution in [0.1, 0.15) is 10.4 Å². The van der Waals surface area contributed by atoms with Gasteiger partial charge in [0.2, 0.25) is 5.91 Å². The number of benzene rings is 1. The third-order valence-corrected chi connectivity index (χ3v) is 4.25. The van der Waals surface area contributed by atoms with Gasteiger partial charge in [-0.25, -0.2) is 4.68 Å². The van der Waals surface area contributed by atoms with Crippen molar-refractivity contribution in [3.63, 3.8) is 0 Å². The molecule has 8 heteroatoms. The van der Waals surface area contributed by atoms with Crippen LogP contribution in [0.25, 0.3) is 6.08 Å². The molecule has 0 saturated carbocycles. The largest absolute Gasteiger partial charge is 0.307 e. The molecule has 25 heavy (non-hydrogen) atoms. The van der Waals surface area contributed by atoms with E-state index in [4.69, 9.17) is 0 Å². The molecular weight excluding hydrogens is 340 g/mol. The number of anilines is 1. The first-order chi connectivity index (χ1) is 12.1. The molecule has 0 aliphatic heterocycles. The van der Waals surface area contributed by atoms with Crippen molar-refractivity contribution >= 4 is 34.8 Å². The molecule has 1 N–H and O–H groups in total. The van der Waals surface area contributed by atoms with Crippen molar-refractivity contribution in [1.29, 1.82) is 0 Å². The van der Waals surface area contributed by atoms with Gasteiger partial charge in [0.15, 0.2) is 0 Å². The number of nitro groups is 1. The van der Waals surface area contributed by atoms with Crippen LogP contribution < -0.4 is 5.32 Å². The second-order valence-electron chi connectivity index (χ2n) is 5.12.